The molecule has 0 fully saturated rings. The summed E-state index contributed by atoms with van der Waals surface area (Å²) in [6.45, 7) is 7.63. The maximum absolute atomic E-state index is 12.8. The molecule has 0 saturated carbocycles. The molecule has 3 aromatic rings. The van der Waals surface area contributed by atoms with Crippen LogP contribution in [0.15, 0.2) is 39.2 Å². The van der Waals surface area contributed by atoms with Gasteiger partial charge in [-0.05, 0) is 31.2 Å². The lowest BCUT2D eigenvalue weighted by Gasteiger charge is -1.97. The Labute approximate surface area is 151 Å². The van der Waals surface area contributed by atoms with Crippen LogP contribution in [0.1, 0.15) is 65.5 Å². The van der Waals surface area contributed by atoms with Gasteiger partial charge in [-0.3, -0.25) is 9.59 Å². The molecule has 0 unspecified atom stereocenters. The second-order valence-electron chi connectivity index (χ2n) is 6.19. The molecular formula is C20H22FNO4. The fraction of sp³-hybridized carbons (Fsp3) is 0.300. The van der Waals surface area contributed by atoms with Crippen LogP contribution in [0.2, 0.25) is 0 Å². The topological polar surface area (TPSA) is 86.4 Å². The summed E-state index contributed by atoms with van der Waals surface area (Å²) in [5.41, 5.74) is 6.08. The van der Waals surface area contributed by atoms with Crippen molar-refractivity contribution < 1.29 is 22.8 Å². The monoisotopic (exact) mass is 359 g/mol. The Bertz CT molecular complexity index is 937. The molecule has 5 nitrogen and oxygen atoms in total. The summed E-state index contributed by atoms with van der Waals surface area (Å²) in [7, 11) is 0. The zero-order chi connectivity index (χ0) is 19.4. The number of aryl methyl sites for hydroxylation is 1. The number of ketones is 1. The molecule has 0 aliphatic rings. The molecule has 0 spiro atoms. The van der Waals surface area contributed by atoms with E-state index in [1.54, 1.807) is 19.1 Å². The minimum atomic E-state index is -0.640. The number of benzene rings is 1. The van der Waals surface area contributed by atoms with Crippen molar-refractivity contribution in [2.45, 2.75) is 40.0 Å². The van der Waals surface area contributed by atoms with Gasteiger partial charge in [-0.2, -0.15) is 0 Å². The maximum atomic E-state index is 12.8. The van der Waals surface area contributed by atoms with Gasteiger partial charge in [0.15, 0.2) is 17.3 Å². The van der Waals surface area contributed by atoms with Crippen LogP contribution in [-0.2, 0) is 0 Å². The number of hydrogen-bond donors (Lipinski definition) is 1. The van der Waals surface area contributed by atoms with Gasteiger partial charge in [-0.25, -0.2) is 4.39 Å². The first kappa shape index (κ1) is 19.4. The number of halogens is 1. The van der Waals surface area contributed by atoms with E-state index in [4.69, 9.17) is 14.6 Å². The third-order valence-electron chi connectivity index (χ3n) is 3.92. The van der Waals surface area contributed by atoms with Crippen molar-refractivity contribution >= 4 is 22.7 Å². The van der Waals surface area contributed by atoms with E-state index in [1.165, 1.54) is 12.1 Å². The predicted octanol–water partition coefficient (Wildman–Crippen LogP) is 4.97. The number of fused-ring (bicyclic) bond motifs is 1. The second kappa shape index (κ2) is 7.99. The predicted molar refractivity (Wildman–Crippen MR) is 96.8 cm³/mol. The zero-order valence-corrected chi connectivity index (χ0v) is 15.3. The fourth-order valence-electron chi connectivity index (χ4n) is 2.42. The van der Waals surface area contributed by atoms with Gasteiger partial charge in [-0.15, -0.1) is 0 Å². The van der Waals surface area contributed by atoms with Crippen molar-refractivity contribution in [2.24, 2.45) is 5.73 Å². The van der Waals surface area contributed by atoms with Gasteiger partial charge in [0.25, 0.3) is 5.91 Å². The van der Waals surface area contributed by atoms with Crippen molar-refractivity contribution in [2.75, 3.05) is 0 Å². The highest BCUT2D eigenvalue weighted by Crippen LogP contribution is 2.25. The third kappa shape index (κ3) is 4.20. The Kier molecular flexibility index (Phi) is 5.97. The van der Waals surface area contributed by atoms with Crippen LogP contribution < -0.4 is 5.73 Å². The van der Waals surface area contributed by atoms with Crippen LogP contribution in [-0.4, -0.2) is 11.7 Å². The van der Waals surface area contributed by atoms with Gasteiger partial charge in [0.1, 0.15) is 17.2 Å². The van der Waals surface area contributed by atoms with E-state index in [1.807, 2.05) is 26.8 Å². The van der Waals surface area contributed by atoms with Gasteiger partial charge in [0.2, 0.25) is 0 Å². The first-order valence-corrected chi connectivity index (χ1v) is 8.36. The summed E-state index contributed by atoms with van der Waals surface area (Å²) >= 11 is 0. The minimum absolute atomic E-state index is 0.0712. The molecule has 0 aliphatic heterocycles. The van der Waals surface area contributed by atoms with E-state index >= 15 is 0 Å². The molecule has 2 aromatic heterocycles. The zero-order valence-electron chi connectivity index (χ0n) is 15.3. The molecule has 0 saturated heterocycles. The molecule has 0 bridgehead atoms. The van der Waals surface area contributed by atoms with Crippen molar-refractivity contribution in [3.8, 4) is 0 Å². The molecule has 1 aromatic carbocycles. The van der Waals surface area contributed by atoms with Gasteiger partial charge < -0.3 is 14.6 Å². The van der Waals surface area contributed by atoms with Crippen LogP contribution in [0.5, 0.6) is 0 Å². The lowest BCUT2D eigenvalue weighted by atomic mass is 10.1. The van der Waals surface area contributed by atoms with E-state index < -0.39 is 11.7 Å². The largest absolute Gasteiger partial charge is 0.458 e. The average molecular weight is 359 g/mol. The molecule has 0 aliphatic carbocycles. The number of amides is 1. The highest BCUT2D eigenvalue weighted by Gasteiger charge is 2.14. The molecule has 26 heavy (non-hydrogen) atoms. The summed E-state index contributed by atoms with van der Waals surface area (Å²) in [6.07, 6.45) is 0.505. The summed E-state index contributed by atoms with van der Waals surface area (Å²) in [5.74, 6) is 0.838. The molecule has 2 heterocycles. The number of carbonyl (C=O) groups excluding carboxylic acids is 2. The third-order valence-corrected chi connectivity index (χ3v) is 3.92. The van der Waals surface area contributed by atoms with E-state index in [0.29, 0.717) is 34.6 Å². The number of primary amides is 1. The number of rotatable bonds is 4. The second-order valence-corrected chi connectivity index (χ2v) is 6.19. The number of carbonyl (C=O) groups is 2. The lowest BCUT2D eigenvalue weighted by molar-refractivity contribution is 0.0956. The number of furan rings is 2. The van der Waals surface area contributed by atoms with Crippen LogP contribution >= 0.6 is 0 Å². The van der Waals surface area contributed by atoms with Gasteiger partial charge >= 0.3 is 0 Å². The number of Topliss-reactive ketones (excluding diaryl/α,β-unsaturated/α-hetero) is 1. The van der Waals surface area contributed by atoms with E-state index in [9.17, 15) is 14.0 Å². The molecule has 1 amide bonds. The Hall–Kier alpha value is -2.89. The van der Waals surface area contributed by atoms with Gasteiger partial charge in [0.05, 0.1) is 0 Å². The number of hydrogen-bond acceptors (Lipinski definition) is 4. The summed E-state index contributed by atoms with van der Waals surface area (Å²) < 4.78 is 23.3. The number of nitrogens with two attached hydrogens (primary N) is 1. The van der Waals surface area contributed by atoms with Crippen molar-refractivity contribution in [3.63, 3.8) is 0 Å². The highest BCUT2D eigenvalue weighted by atomic mass is 19.1. The van der Waals surface area contributed by atoms with E-state index in [-0.39, 0.29) is 11.5 Å². The molecule has 0 atom stereocenters. The normalized spacial score (nSPS) is 10.7. The van der Waals surface area contributed by atoms with Crippen LogP contribution in [0.4, 0.5) is 4.39 Å². The van der Waals surface area contributed by atoms with Gasteiger partial charge in [0, 0.05) is 29.4 Å². The van der Waals surface area contributed by atoms with Crippen LogP contribution in [0.25, 0.3) is 11.0 Å². The molecule has 3 rings (SSSR count). The molecular weight excluding hydrogens is 337 g/mol. The highest BCUT2D eigenvalue weighted by molar-refractivity contribution is 5.97. The SMILES string of the molecule is CCC(=O)c1ccc(C(C)C)o1.Cc1c(C(N)=O)oc2cc(F)ccc12. The Balaban J connectivity index is 0.000000190. The molecule has 6 heteroatoms. The van der Waals surface area contributed by atoms with Crippen LogP contribution in [0.3, 0.4) is 0 Å². The quantitative estimate of drug-likeness (QED) is 0.666. The molecule has 0 radical (unpaired) electrons. The summed E-state index contributed by atoms with van der Waals surface area (Å²) in [6, 6.07) is 7.73. The minimum Gasteiger partial charge on any atom is -0.458 e. The van der Waals surface area contributed by atoms with Crippen molar-refractivity contribution in [1.82, 2.24) is 0 Å². The maximum Gasteiger partial charge on any atom is 0.284 e. The van der Waals surface area contributed by atoms with E-state index in [0.717, 1.165) is 5.76 Å². The van der Waals surface area contributed by atoms with Gasteiger partial charge in [-0.1, -0.05) is 20.8 Å². The van der Waals surface area contributed by atoms with Crippen molar-refractivity contribution in [3.05, 3.63) is 59.0 Å². The summed E-state index contributed by atoms with van der Waals surface area (Å²) in [5, 5.41) is 0.709. The Morgan fingerprint density at radius 3 is 2.38 bits per heavy atom. The fourth-order valence-corrected chi connectivity index (χ4v) is 2.42. The average Bonchev–Trinajstić information content (AvgIpc) is 3.20. The standard InChI is InChI=1S/C10H8FNO2.C10H14O2/c1-5-7-3-2-6(11)4-8(7)14-9(5)10(12)13;1-4-8(11)10-6-5-9(12-10)7(2)3/h2-4H,1H3,(H2,12,13);5-7H,4H2,1-3H3. The Morgan fingerprint density at radius 2 is 1.85 bits per heavy atom. The first-order valence-electron chi connectivity index (χ1n) is 8.36. The van der Waals surface area contributed by atoms with Crippen molar-refractivity contribution in [1.29, 1.82) is 0 Å². The van der Waals surface area contributed by atoms with Crippen LogP contribution in [0, 0.1) is 12.7 Å². The smallest absolute Gasteiger partial charge is 0.284 e. The first-order chi connectivity index (χ1) is 12.2. The Morgan fingerprint density at radius 1 is 1.15 bits per heavy atom. The lowest BCUT2D eigenvalue weighted by Crippen LogP contribution is -2.10. The summed E-state index contributed by atoms with van der Waals surface area (Å²) in [4.78, 5) is 22.1. The molecule has 2 N–H and O–H groups in total. The van der Waals surface area contributed by atoms with E-state index in [2.05, 4.69) is 0 Å². The molecule has 138 valence electrons.